The minimum atomic E-state index is -0.101. The maximum atomic E-state index is 12.6. The molecular formula is C26H29N5O4. The van der Waals surface area contributed by atoms with Crippen molar-refractivity contribution < 1.29 is 19.0 Å². The Bertz CT molecular complexity index is 1320. The second kappa shape index (κ2) is 10.3. The molecule has 2 N–H and O–H groups in total. The molecule has 0 unspecified atom stereocenters. The van der Waals surface area contributed by atoms with E-state index in [2.05, 4.69) is 29.5 Å². The Hall–Kier alpha value is -4.27. The lowest BCUT2D eigenvalue weighted by Crippen LogP contribution is -2.27. The quantitative estimate of drug-likeness (QED) is 0.366. The molecule has 9 heteroatoms. The van der Waals surface area contributed by atoms with Crippen LogP contribution in [0.3, 0.4) is 0 Å². The Morgan fingerprint density at radius 3 is 2.43 bits per heavy atom. The van der Waals surface area contributed by atoms with Crippen molar-refractivity contribution >= 4 is 28.6 Å². The van der Waals surface area contributed by atoms with Gasteiger partial charge in [-0.25, -0.2) is 4.98 Å². The third-order valence-electron chi connectivity index (χ3n) is 5.41. The van der Waals surface area contributed by atoms with E-state index in [-0.39, 0.29) is 5.91 Å². The summed E-state index contributed by atoms with van der Waals surface area (Å²) in [4.78, 5) is 21.7. The third kappa shape index (κ3) is 5.13. The highest BCUT2D eigenvalue weighted by Gasteiger charge is 2.15. The van der Waals surface area contributed by atoms with Gasteiger partial charge in [-0.15, -0.1) is 0 Å². The third-order valence-corrected chi connectivity index (χ3v) is 5.41. The van der Waals surface area contributed by atoms with Gasteiger partial charge in [0.1, 0.15) is 5.65 Å². The molecule has 0 aliphatic rings. The lowest BCUT2D eigenvalue weighted by molar-refractivity contribution is 0.0949. The number of nitrogens with zero attached hydrogens (tertiary/aromatic N) is 3. The summed E-state index contributed by atoms with van der Waals surface area (Å²) in [5, 5.41) is 7.04. The summed E-state index contributed by atoms with van der Waals surface area (Å²) in [5.41, 5.74) is 2.81. The van der Waals surface area contributed by atoms with Crippen molar-refractivity contribution in [3.05, 3.63) is 60.4 Å². The summed E-state index contributed by atoms with van der Waals surface area (Å²) >= 11 is 0. The highest BCUT2D eigenvalue weighted by molar-refractivity contribution is 5.95. The van der Waals surface area contributed by atoms with Crippen LogP contribution in [0, 0.1) is 5.92 Å². The first-order valence-corrected chi connectivity index (χ1v) is 11.2. The number of methoxy groups -OCH3 is 3. The van der Waals surface area contributed by atoms with Gasteiger partial charge >= 0.3 is 0 Å². The van der Waals surface area contributed by atoms with Crippen LogP contribution in [0.5, 0.6) is 17.2 Å². The molecule has 182 valence electrons. The highest BCUT2D eigenvalue weighted by Crippen LogP contribution is 2.40. The number of amides is 1. The molecule has 0 bridgehead atoms. The van der Waals surface area contributed by atoms with Crippen LogP contribution in [0.25, 0.3) is 16.7 Å². The number of aromatic nitrogens is 3. The number of nitrogens with one attached hydrogen (secondary N) is 2. The number of carbonyl (C=O) groups is 1. The first kappa shape index (κ1) is 23.9. The molecule has 2 aromatic heterocycles. The lowest BCUT2D eigenvalue weighted by Gasteiger charge is -2.14. The Morgan fingerprint density at radius 2 is 1.77 bits per heavy atom. The van der Waals surface area contributed by atoms with E-state index in [1.54, 1.807) is 45.7 Å². The van der Waals surface area contributed by atoms with Crippen LogP contribution in [0.1, 0.15) is 24.2 Å². The van der Waals surface area contributed by atoms with Gasteiger partial charge in [-0.2, -0.15) is 4.98 Å². The smallest absolute Gasteiger partial charge is 0.251 e. The molecule has 0 radical (unpaired) electrons. The van der Waals surface area contributed by atoms with Crippen LogP contribution in [0.4, 0.5) is 11.6 Å². The first-order chi connectivity index (χ1) is 16.9. The number of fused-ring (bicyclic) bond motifs is 1. The number of hydrogen-bond donors (Lipinski definition) is 2. The van der Waals surface area contributed by atoms with Gasteiger partial charge in [0.15, 0.2) is 11.5 Å². The molecule has 0 atom stereocenters. The van der Waals surface area contributed by atoms with Crippen molar-refractivity contribution in [3.63, 3.8) is 0 Å². The van der Waals surface area contributed by atoms with Crippen molar-refractivity contribution in [2.75, 3.05) is 33.2 Å². The van der Waals surface area contributed by atoms with Crippen molar-refractivity contribution in [3.8, 4) is 22.9 Å². The predicted molar refractivity (Wildman–Crippen MR) is 135 cm³/mol. The number of ether oxygens (including phenoxy) is 3. The van der Waals surface area contributed by atoms with Gasteiger partial charge in [0, 0.05) is 53.4 Å². The Balaban J connectivity index is 1.66. The Kier molecular flexibility index (Phi) is 7.05. The van der Waals surface area contributed by atoms with Gasteiger partial charge in [0.25, 0.3) is 5.91 Å². The van der Waals surface area contributed by atoms with E-state index in [9.17, 15) is 4.79 Å². The van der Waals surface area contributed by atoms with E-state index in [1.165, 1.54) is 0 Å². The fraction of sp³-hybridized carbons (Fsp3) is 0.269. The van der Waals surface area contributed by atoms with E-state index in [1.807, 2.05) is 35.0 Å². The number of anilines is 2. The fourth-order valence-electron chi connectivity index (χ4n) is 3.66. The molecule has 0 fully saturated rings. The second-order valence-corrected chi connectivity index (χ2v) is 8.35. The Labute approximate surface area is 204 Å². The number of hydrogen-bond acceptors (Lipinski definition) is 7. The monoisotopic (exact) mass is 475 g/mol. The molecule has 0 aliphatic carbocycles. The standard InChI is InChI=1S/C26H29N5O4/c1-16(2)14-27-25(32)17-7-6-8-20(11-17)31-10-9-18-15-28-26(30-24(18)31)29-19-12-21(33-3)23(35-5)22(13-19)34-4/h6-13,15-16H,14H2,1-5H3,(H,27,32)(H,28,29,30). The summed E-state index contributed by atoms with van der Waals surface area (Å²) in [6, 6.07) is 13.0. The molecule has 0 saturated heterocycles. The normalized spacial score (nSPS) is 10.9. The Morgan fingerprint density at radius 1 is 1.03 bits per heavy atom. The first-order valence-electron chi connectivity index (χ1n) is 11.2. The molecule has 2 aromatic carbocycles. The minimum Gasteiger partial charge on any atom is -0.493 e. The SMILES string of the molecule is COc1cc(Nc2ncc3ccn(-c4cccc(C(=O)NCC(C)C)c4)c3n2)cc(OC)c1OC. The van der Waals surface area contributed by atoms with Crippen molar-refractivity contribution in [1.82, 2.24) is 19.9 Å². The molecule has 9 nitrogen and oxygen atoms in total. The van der Waals surface area contributed by atoms with Gasteiger partial charge in [0.05, 0.1) is 21.3 Å². The number of rotatable bonds is 9. The topological polar surface area (TPSA) is 99.5 Å². The summed E-state index contributed by atoms with van der Waals surface area (Å²) in [6.07, 6.45) is 3.66. The molecule has 0 spiro atoms. The molecular weight excluding hydrogens is 446 g/mol. The number of benzene rings is 2. The van der Waals surface area contributed by atoms with E-state index in [0.717, 1.165) is 11.1 Å². The van der Waals surface area contributed by atoms with Gasteiger partial charge in [-0.1, -0.05) is 19.9 Å². The zero-order chi connectivity index (χ0) is 24.9. The summed E-state index contributed by atoms with van der Waals surface area (Å²) in [5.74, 6) is 2.22. The molecule has 0 saturated carbocycles. The summed E-state index contributed by atoms with van der Waals surface area (Å²) in [7, 11) is 4.68. The highest BCUT2D eigenvalue weighted by atomic mass is 16.5. The van der Waals surface area contributed by atoms with Gasteiger partial charge in [0.2, 0.25) is 11.7 Å². The molecule has 35 heavy (non-hydrogen) atoms. The maximum Gasteiger partial charge on any atom is 0.251 e. The van der Waals surface area contributed by atoms with Crippen LogP contribution in [0.2, 0.25) is 0 Å². The number of carbonyl (C=O) groups excluding carboxylic acids is 1. The summed E-state index contributed by atoms with van der Waals surface area (Å²) in [6.45, 7) is 4.75. The predicted octanol–water partition coefficient (Wildman–Crippen LogP) is 4.58. The van der Waals surface area contributed by atoms with Gasteiger partial charge < -0.3 is 29.4 Å². The molecule has 4 aromatic rings. The largest absolute Gasteiger partial charge is 0.493 e. The van der Waals surface area contributed by atoms with Crippen LogP contribution in [-0.2, 0) is 0 Å². The van der Waals surface area contributed by atoms with E-state index in [4.69, 9.17) is 19.2 Å². The second-order valence-electron chi connectivity index (χ2n) is 8.35. The van der Waals surface area contributed by atoms with E-state index < -0.39 is 0 Å². The molecule has 2 heterocycles. The van der Waals surface area contributed by atoms with E-state index >= 15 is 0 Å². The van der Waals surface area contributed by atoms with Crippen LogP contribution < -0.4 is 24.8 Å². The minimum absolute atomic E-state index is 0.101. The molecule has 1 amide bonds. The summed E-state index contributed by atoms with van der Waals surface area (Å²) < 4.78 is 18.2. The van der Waals surface area contributed by atoms with Crippen LogP contribution in [-0.4, -0.2) is 48.3 Å². The molecule has 0 aliphatic heterocycles. The lowest BCUT2D eigenvalue weighted by atomic mass is 10.1. The zero-order valence-corrected chi connectivity index (χ0v) is 20.5. The average Bonchev–Trinajstić information content (AvgIpc) is 3.30. The van der Waals surface area contributed by atoms with E-state index in [0.29, 0.717) is 52.6 Å². The maximum absolute atomic E-state index is 12.6. The van der Waals surface area contributed by atoms with Crippen molar-refractivity contribution in [2.24, 2.45) is 5.92 Å². The van der Waals surface area contributed by atoms with Gasteiger partial charge in [-0.3, -0.25) is 4.79 Å². The fourth-order valence-corrected chi connectivity index (χ4v) is 3.66. The van der Waals surface area contributed by atoms with Crippen LogP contribution >= 0.6 is 0 Å². The van der Waals surface area contributed by atoms with Gasteiger partial charge in [-0.05, 0) is 30.2 Å². The molecule has 4 rings (SSSR count). The van der Waals surface area contributed by atoms with Crippen molar-refractivity contribution in [2.45, 2.75) is 13.8 Å². The van der Waals surface area contributed by atoms with Crippen molar-refractivity contribution in [1.29, 1.82) is 0 Å². The zero-order valence-electron chi connectivity index (χ0n) is 20.5. The average molecular weight is 476 g/mol. The van der Waals surface area contributed by atoms with Crippen LogP contribution in [0.15, 0.2) is 54.9 Å².